The molecule has 0 bridgehead atoms. The Morgan fingerprint density at radius 1 is 1.30 bits per heavy atom. The number of hydrogen-bond donors (Lipinski definition) is 3. The molecular weight excluding hydrogens is 275 g/mol. The molecule has 6 nitrogen and oxygen atoms in total. The van der Waals surface area contributed by atoms with Gasteiger partial charge >= 0.3 is 6.18 Å². The number of anilines is 2. The molecule has 0 saturated heterocycles. The zero-order valence-corrected chi connectivity index (χ0v) is 10.9. The highest BCUT2D eigenvalue weighted by molar-refractivity contribution is 5.73. The number of amides is 1. The highest BCUT2D eigenvalue weighted by atomic mass is 19.4. The van der Waals surface area contributed by atoms with Gasteiger partial charge in [-0.3, -0.25) is 4.79 Å². The van der Waals surface area contributed by atoms with Crippen LogP contribution < -0.4 is 16.4 Å². The second-order valence-corrected chi connectivity index (χ2v) is 3.99. The van der Waals surface area contributed by atoms with E-state index in [1.165, 1.54) is 6.07 Å². The summed E-state index contributed by atoms with van der Waals surface area (Å²) < 4.78 is 37.9. The minimum absolute atomic E-state index is 0.0488. The molecule has 1 aromatic heterocycles. The Kier molecular flexibility index (Phi) is 5.53. The van der Waals surface area contributed by atoms with E-state index in [2.05, 4.69) is 20.6 Å². The second-order valence-electron chi connectivity index (χ2n) is 3.99. The highest BCUT2D eigenvalue weighted by Crippen LogP contribution is 2.28. The summed E-state index contributed by atoms with van der Waals surface area (Å²) in [6.45, 7) is 2.48. The Morgan fingerprint density at radius 2 is 1.90 bits per heavy atom. The molecule has 0 spiro atoms. The topological polar surface area (TPSA) is 92.9 Å². The molecule has 0 radical (unpaired) electrons. The van der Waals surface area contributed by atoms with E-state index in [9.17, 15) is 18.0 Å². The van der Waals surface area contributed by atoms with Crippen LogP contribution in [0.25, 0.3) is 0 Å². The lowest BCUT2D eigenvalue weighted by Gasteiger charge is -2.11. The molecule has 1 rings (SSSR count). The van der Waals surface area contributed by atoms with Gasteiger partial charge in [0.15, 0.2) is 0 Å². The van der Waals surface area contributed by atoms with E-state index < -0.39 is 17.9 Å². The Balaban J connectivity index is 2.78. The predicted octanol–water partition coefficient (Wildman–Crippen LogP) is 1.60. The molecule has 0 aliphatic rings. The fourth-order valence-corrected chi connectivity index (χ4v) is 1.42. The number of rotatable bonds is 7. The average molecular weight is 291 g/mol. The number of halogens is 3. The maximum absolute atomic E-state index is 12.6. The number of nitrogens with one attached hydrogen (secondary N) is 2. The molecule has 0 aliphatic heterocycles. The molecule has 1 amide bonds. The minimum Gasteiger partial charge on any atom is -0.370 e. The molecule has 9 heteroatoms. The number of carbonyl (C=O) groups excluding carboxylic acids is 1. The molecule has 4 N–H and O–H groups in total. The van der Waals surface area contributed by atoms with Crippen LogP contribution in [0, 0.1) is 0 Å². The van der Waals surface area contributed by atoms with Gasteiger partial charge in [-0.25, -0.2) is 9.97 Å². The van der Waals surface area contributed by atoms with Crippen molar-refractivity contribution in [3.8, 4) is 0 Å². The first-order valence-corrected chi connectivity index (χ1v) is 6.05. The van der Waals surface area contributed by atoms with Gasteiger partial charge in [-0.2, -0.15) is 13.2 Å². The molecule has 0 aliphatic carbocycles. The van der Waals surface area contributed by atoms with Crippen LogP contribution in [0.15, 0.2) is 6.07 Å². The van der Waals surface area contributed by atoms with E-state index >= 15 is 0 Å². The standard InChI is InChI=1S/C11H16F3N5O/c1-2-16-8-6-9(17-5-3-4-7(15)20)19-10(18-8)11(12,13)14/h6H,2-5H2,1H3,(H2,15,20)(H2,16,17,18,19). The summed E-state index contributed by atoms with van der Waals surface area (Å²) in [6.07, 6.45) is -4.05. The monoisotopic (exact) mass is 291 g/mol. The van der Waals surface area contributed by atoms with E-state index in [0.29, 0.717) is 19.5 Å². The molecule has 0 atom stereocenters. The second kappa shape index (κ2) is 6.92. The van der Waals surface area contributed by atoms with E-state index in [1.54, 1.807) is 6.92 Å². The van der Waals surface area contributed by atoms with Crippen molar-refractivity contribution in [1.82, 2.24) is 9.97 Å². The number of carbonyl (C=O) groups is 1. The van der Waals surface area contributed by atoms with Gasteiger partial charge in [0.25, 0.3) is 0 Å². The van der Waals surface area contributed by atoms with Crippen LogP contribution in [0.5, 0.6) is 0 Å². The summed E-state index contributed by atoms with van der Waals surface area (Å²) >= 11 is 0. The first-order chi connectivity index (χ1) is 9.32. The third-order valence-electron chi connectivity index (χ3n) is 2.24. The van der Waals surface area contributed by atoms with Crippen molar-refractivity contribution in [3.05, 3.63) is 11.9 Å². The molecule has 0 fully saturated rings. The molecule has 20 heavy (non-hydrogen) atoms. The first kappa shape index (κ1) is 16.0. The van der Waals surface area contributed by atoms with Crippen molar-refractivity contribution < 1.29 is 18.0 Å². The summed E-state index contributed by atoms with van der Waals surface area (Å²) in [5.74, 6) is -1.54. The van der Waals surface area contributed by atoms with Crippen LogP contribution in [0.2, 0.25) is 0 Å². The number of nitrogens with zero attached hydrogens (tertiary/aromatic N) is 2. The van der Waals surface area contributed by atoms with E-state index in [4.69, 9.17) is 5.73 Å². The van der Waals surface area contributed by atoms with Gasteiger partial charge in [0.05, 0.1) is 0 Å². The zero-order valence-electron chi connectivity index (χ0n) is 10.9. The molecule has 112 valence electrons. The van der Waals surface area contributed by atoms with Gasteiger partial charge in [0.2, 0.25) is 11.7 Å². The Bertz CT molecular complexity index is 464. The van der Waals surface area contributed by atoms with Gasteiger partial charge in [0.1, 0.15) is 11.6 Å². The highest BCUT2D eigenvalue weighted by Gasteiger charge is 2.35. The molecule has 0 saturated carbocycles. The third-order valence-corrected chi connectivity index (χ3v) is 2.24. The van der Waals surface area contributed by atoms with Crippen LogP contribution in [0.4, 0.5) is 24.8 Å². The van der Waals surface area contributed by atoms with Gasteiger partial charge < -0.3 is 16.4 Å². The molecule has 1 aromatic rings. The van der Waals surface area contributed by atoms with Crippen LogP contribution in [-0.2, 0) is 11.0 Å². The Labute approximate surface area is 114 Å². The third kappa shape index (κ3) is 5.29. The predicted molar refractivity (Wildman–Crippen MR) is 68.1 cm³/mol. The summed E-state index contributed by atoms with van der Waals surface area (Å²) in [5, 5.41) is 5.42. The van der Waals surface area contributed by atoms with Crippen LogP contribution in [-0.4, -0.2) is 29.0 Å². The number of hydrogen-bond acceptors (Lipinski definition) is 5. The van der Waals surface area contributed by atoms with Gasteiger partial charge in [-0.1, -0.05) is 0 Å². The Hall–Kier alpha value is -2.06. The lowest BCUT2D eigenvalue weighted by molar-refractivity contribution is -0.144. The first-order valence-electron chi connectivity index (χ1n) is 6.05. The fraction of sp³-hybridized carbons (Fsp3) is 0.545. The van der Waals surface area contributed by atoms with Gasteiger partial charge in [-0.15, -0.1) is 0 Å². The van der Waals surface area contributed by atoms with E-state index in [1.807, 2.05) is 0 Å². The van der Waals surface area contributed by atoms with Crippen molar-refractivity contribution in [2.24, 2.45) is 5.73 Å². The van der Waals surface area contributed by atoms with Crippen molar-refractivity contribution in [2.45, 2.75) is 25.9 Å². The molecule has 1 heterocycles. The maximum atomic E-state index is 12.6. The summed E-state index contributed by atoms with van der Waals surface area (Å²) in [4.78, 5) is 17.3. The lowest BCUT2D eigenvalue weighted by Crippen LogP contribution is -2.16. The van der Waals surface area contributed by atoms with Crippen molar-refractivity contribution in [2.75, 3.05) is 23.7 Å². The number of nitrogens with two attached hydrogens (primary N) is 1. The van der Waals surface area contributed by atoms with Crippen LogP contribution in [0.3, 0.4) is 0 Å². The minimum atomic E-state index is -4.62. The number of aromatic nitrogens is 2. The van der Waals surface area contributed by atoms with Gasteiger partial charge in [0, 0.05) is 25.6 Å². The van der Waals surface area contributed by atoms with Gasteiger partial charge in [-0.05, 0) is 13.3 Å². The largest absolute Gasteiger partial charge is 0.451 e. The quantitative estimate of drug-likeness (QED) is 0.664. The van der Waals surface area contributed by atoms with Crippen molar-refractivity contribution in [3.63, 3.8) is 0 Å². The van der Waals surface area contributed by atoms with Crippen molar-refractivity contribution >= 4 is 17.5 Å². The van der Waals surface area contributed by atoms with E-state index in [0.717, 1.165) is 0 Å². The smallest absolute Gasteiger partial charge is 0.370 e. The number of primary amides is 1. The summed E-state index contributed by atoms with van der Waals surface area (Å²) in [6, 6.07) is 1.38. The number of alkyl halides is 3. The van der Waals surface area contributed by atoms with Crippen LogP contribution >= 0.6 is 0 Å². The Morgan fingerprint density at radius 3 is 2.40 bits per heavy atom. The van der Waals surface area contributed by atoms with E-state index in [-0.39, 0.29) is 18.1 Å². The SMILES string of the molecule is CCNc1cc(NCCCC(N)=O)nc(C(F)(F)F)n1. The van der Waals surface area contributed by atoms with Crippen molar-refractivity contribution in [1.29, 1.82) is 0 Å². The fourth-order valence-electron chi connectivity index (χ4n) is 1.42. The maximum Gasteiger partial charge on any atom is 0.451 e. The normalized spacial score (nSPS) is 11.2. The summed E-state index contributed by atoms with van der Waals surface area (Å²) in [7, 11) is 0. The molecule has 0 unspecified atom stereocenters. The summed E-state index contributed by atoms with van der Waals surface area (Å²) in [5.41, 5.74) is 4.97. The average Bonchev–Trinajstić information content (AvgIpc) is 2.33. The van der Waals surface area contributed by atoms with Crippen LogP contribution in [0.1, 0.15) is 25.6 Å². The molecular formula is C11H16F3N5O. The zero-order chi connectivity index (χ0) is 15.2. The molecule has 0 aromatic carbocycles. The lowest BCUT2D eigenvalue weighted by atomic mass is 10.3.